The summed E-state index contributed by atoms with van der Waals surface area (Å²) < 4.78 is 62.2. The molecular formula is C28H29F4N7O3. The highest BCUT2D eigenvalue weighted by atomic mass is 19.4. The van der Waals surface area contributed by atoms with Gasteiger partial charge >= 0.3 is 6.18 Å². The van der Waals surface area contributed by atoms with Gasteiger partial charge in [0.1, 0.15) is 5.82 Å². The second-order valence-corrected chi connectivity index (χ2v) is 10.8. The Morgan fingerprint density at radius 1 is 1.07 bits per heavy atom. The van der Waals surface area contributed by atoms with Crippen LogP contribution in [0.15, 0.2) is 41.6 Å². The molecule has 1 aromatic carbocycles. The Labute approximate surface area is 238 Å². The summed E-state index contributed by atoms with van der Waals surface area (Å²) in [7, 11) is 2.02. The summed E-state index contributed by atoms with van der Waals surface area (Å²) in [5, 5.41) is 2.57. The van der Waals surface area contributed by atoms with Crippen molar-refractivity contribution in [3.8, 4) is 11.1 Å². The Morgan fingerprint density at radius 2 is 1.81 bits per heavy atom. The zero-order chi connectivity index (χ0) is 29.6. The van der Waals surface area contributed by atoms with Crippen LogP contribution in [0.4, 0.5) is 34.9 Å². The molecule has 0 radical (unpaired) electrons. The highest BCUT2D eigenvalue weighted by molar-refractivity contribution is 6.07. The minimum absolute atomic E-state index is 0.0802. The number of alkyl halides is 3. The summed E-state index contributed by atoms with van der Waals surface area (Å²) >= 11 is 0. The van der Waals surface area contributed by atoms with Crippen LogP contribution in [0.25, 0.3) is 11.1 Å². The van der Waals surface area contributed by atoms with Crippen LogP contribution in [-0.2, 0) is 10.9 Å². The molecule has 10 nitrogen and oxygen atoms in total. The minimum Gasteiger partial charge on any atom is -0.378 e. The number of ether oxygens (including phenoxy) is 1. The summed E-state index contributed by atoms with van der Waals surface area (Å²) in [5.41, 5.74) is -2.20. The topological polar surface area (TPSA) is 107 Å². The molecule has 5 heterocycles. The number of aromatic nitrogens is 3. The van der Waals surface area contributed by atoms with Gasteiger partial charge in [0, 0.05) is 68.0 Å². The molecule has 0 bridgehead atoms. The van der Waals surface area contributed by atoms with Gasteiger partial charge in [-0.3, -0.25) is 9.59 Å². The number of H-pyrrole nitrogens is 1. The molecule has 3 aliphatic heterocycles. The third kappa shape index (κ3) is 5.43. The number of halogens is 4. The van der Waals surface area contributed by atoms with E-state index in [0.717, 1.165) is 19.2 Å². The molecule has 6 rings (SSSR count). The molecule has 0 spiro atoms. The number of anilines is 3. The van der Waals surface area contributed by atoms with E-state index in [-0.39, 0.29) is 17.3 Å². The number of morpholine rings is 1. The molecule has 3 aliphatic rings. The molecular weight excluding hydrogens is 558 g/mol. The Morgan fingerprint density at radius 3 is 2.50 bits per heavy atom. The number of hydrogen-bond donors (Lipinski definition) is 2. The average molecular weight is 588 g/mol. The molecule has 222 valence electrons. The minimum atomic E-state index is -4.94. The van der Waals surface area contributed by atoms with Gasteiger partial charge in [-0.25, -0.2) is 14.4 Å². The van der Waals surface area contributed by atoms with Crippen molar-refractivity contribution in [2.24, 2.45) is 5.92 Å². The largest absolute Gasteiger partial charge is 0.417 e. The number of fused-ring (bicyclic) bond motifs is 1. The number of carbonyl (C=O) groups is 1. The number of aromatic amines is 1. The van der Waals surface area contributed by atoms with Gasteiger partial charge in [0.25, 0.3) is 5.91 Å². The fourth-order valence-corrected chi connectivity index (χ4v) is 5.99. The van der Waals surface area contributed by atoms with Crippen molar-refractivity contribution in [3.63, 3.8) is 0 Å². The summed E-state index contributed by atoms with van der Waals surface area (Å²) in [5.74, 6) is -0.861. The first-order chi connectivity index (χ1) is 20.1. The molecule has 0 aliphatic carbocycles. The maximum Gasteiger partial charge on any atom is 0.417 e. The van der Waals surface area contributed by atoms with E-state index in [1.165, 1.54) is 24.5 Å². The standard InChI is InChI=1S/C28H29F4N7O3/c1-37-3-2-16-14-39(15-24(16)37)23-10-21(29)18(17-11-34-27(35-12-17)38-4-6-42-7-5-38)8-22(23)36-26(41)19-13-33-25(40)9-20(19)28(30,31)32/h8-13,16,24H,2-7,14-15H2,1H3,(H,33,40)(H,36,41)/t16-,24+/m0/s1. The lowest BCUT2D eigenvalue weighted by molar-refractivity contribution is -0.138. The van der Waals surface area contributed by atoms with Crippen LogP contribution in [0.3, 0.4) is 0 Å². The number of nitrogens with one attached hydrogen (secondary N) is 2. The van der Waals surface area contributed by atoms with Crippen molar-refractivity contribution < 1.29 is 27.1 Å². The van der Waals surface area contributed by atoms with Crippen LogP contribution in [0.5, 0.6) is 0 Å². The van der Waals surface area contributed by atoms with Crippen molar-refractivity contribution in [1.29, 1.82) is 0 Å². The first-order valence-corrected chi connectivity index (χ1v) is 13.6. The van der Waals surface area contributed by atoms with Gasteiger partial charge in [-0.1, -0.05) is 0 Å². The van der Waals surface area contributed by atoms with Crippen molar-refractivity contribution in [3.05, 3.63) is 64.1 Å². The molecule has 3 saturated heterocycles. The maximum atomic E-state index is 15.7. The van der Waals surface area contributed by atoms with E-state index in [9.17, 15) is 22.8 Å². The third-order valence-corrected chi connectivity index (χ3v) is 8.22. The van der Waals surface area contributed by atoms with E-state index in [0.29, 0.717) is 68.6 Å². The molecule has 14 heteroatoms. The van der Waals surface area contributed by atoms with Gasteiger partial charge < -0.3 is 29.7 Å². The van der Waals surface area contributed by atoms with E-state index >= 15 is 4.39 Å². The molecule has 3 fully saturated rings. The molecule has 2 atom stereocenters. The molecule has 42 heavy (non-hydrogen) atoms. The predicted molar refractivity (Wildman–Crippen MR) is 147 cm³/mol. The van der Waals surface area contributed by atoms with Crippen LogP contribution in [0.2, 0.25) is 0 Å². The number of nitrogens with zero attached hydrogens (tertiary/aromatic N) is 5. The molecule has 2 aromatic heterocycles. The Hall–Kier alpha value is -4.04. The number of amides is 1. The lowest BCUT2D eigenvalue weighted by atomic mass is 10.0. The Balaban J connectivity index is 1.37. The molecule has 1 amide bonds. The number of likely N-dealkylation sites (N-methyl/N-ethyl adjacent to an activating group) is 1. The molecule has 0 saturated carbocycles. The van der Waals surface area contributed by atoms with Gasteiger partial charge in [-0.15, -0.1) is 0 Å². The third-order valence-electron chi connectivity index (χ3n) is 8.22. The average Bonchev–Trinajstić information content (AvgIpc) is 3.55. The molecule has 2 N–H and O–H groups in total. The van der Waals surface area contributed by atoms with E-state index < -0.39 is 34.6 Å². The smallest absolute Gasteiger partial charge is 0.378 e. The summed E-state index contributed by atoms with van der Waals surface area (Å²) in [6, 6.07) is 3.27. The lowest BCUT2D eigenvalue weighted by Crippen LogP contribution is -2.37. The van der Waals surface area contributed by atoms with Crippen molar-refractivity contribution in [1.82, 2.24) is 19.9 Å². The predicted octanol–water partition coefficient (Wildman–Crippen LogP) is 3.22. The van der Waals surface area contributed by atoms with Gasteiger partial charge in [0.05, 0.1) is 35.7 Å². The fraction of sp³-hybridized carbons (Fsp3) is 0.429. The van der Waals surface area contributed by atoms with Crippen LogP contribution in [0, 0.1) is 11.7 Å². The Bertz CT molecular complexity index is 1540. The maximum absolute atomic E-state index is 15.7. The number of pyridine rings is 1. The van der Waals surface area contributed by atoms with Crippen molar-refractivity contribution in [2.45, 2.75) is 18.6 Å². The highest BCUT2D eigenvalue weighted by Gasteiger charge is 2.41. The lowest BCUT2D eigenvalue weighted by Gasteiger charge is -2.27. The number of benzene rings is 1. The van der Waals surface area contributed by atoms with Gasteiger partial charge in [0.15, 0.2) is 0 Å². The van der Waals surface area contributed by atoms with E-state index in [4.69, 9.17) is 4.74 Å². The van der Waals surface area contributed by atoms with Crippen LogP contribution in [0.1, 0.15) is 22.3 Å². The second kappa shape index (κ2) is 11.0. The number of rotatable bonds is 5. The molecule has 3 aromatic rings. The van der Waals surface area contributed by atoms with Crippen molar-refractivity contribution >= 4 is 23.2 Å². The zero-order valence-electron chi connectivity index (χ0n) is 22.7. The number of carbonyl (C=O) groups excluding carboxylic acids is 1. The first-order valence-electron chi connectivity index (χ1n) is 13.6. The summed E-state index contributed by atoms with van der Waals surface area (Å²) in [4.78, 5) is 41.9. The summed E-state index contributed by atoms with van der Waals surface area (Å²) in [6.07, 6.45) is -0.286. The van der Waals surface area contributed by atoms with E-state index in [2.05, 4.69) is 25.2 Å². The quantitative estimate of drug-likeness (QED) is 0.439. The monoisotopic (exact) mass is 587 g/mol. The van der Waals surface area contributed by atoms with Gasteiger partial charge in [-0.2, -0.15) is 13.2 Å². The van der Waals surface area contributed by atoms with Gasteiger partial charge in [0.2, 0.25) is 11.5 Å². The van der Waals surface area contributed by atoms with E-state index in [1.54, 1.807) is 0 Å². The van der Waals surface area contributed by atoms with Gasteiger partial charge in [-0.05, 0) is 38.1 Å². The van der Waals surface area contributed by atoms with Crippen LogP contribution >= 0.6 is 0 Å². The van der Waals surface area contributed by atoms with E-state index in [1.807, 2.05) is 16.8 Å². The van der Waals surface area contributed by atoms with Crippen LogP contribution < -0.4 is 20.7 Å². The highest BCUT2D eigenvalue weighted by Crippen LogP contribution is 2.40. The second-order valence-electron chi connectivity index (χ2n) is 10.8. The normalized spacial score (nSPS) is 21.1. The fourth-order valence-electron chi connectivity index (χ4n) is 5.99. The number of hydrogen-bond acceptors (Lipinski definition) is 8. The Kier molecular flexibility index (Phi) is 7.35. The number of likely N-dealkylation sites (tertiary alicyclic amines) is 1. The first kappa shape index (κ1) is 28.1. The summed E-state index contributed by atoms with van der Waals surface area (Å²) in [6.45, 7) is 4.47. The van der Waals surface area contributed by atoms with Crippen LogP contribution in [-0.4, -0.2) is 84.8 Å². The SMILES string of the molecule is CN1CC[C@H]2CN(c3cc(F)c(-c4cnc(N5CCOCC5)nc4)cc3NC(=O)c3c[nH]c(=O)cc3C(F)(F)F)C[C@H]21. The zero-order valence-corrected chi connectivity index (χ0v) is 22.7. The molecule has 0 unspecified atom stereocenters. The van der Waals surface area contributed by atoms with Crippen molar-refractivity contribution in [2.75, 3.05) is 68.1 Å².